The number of hydrogen-bond donors (Lipinski definition) is 0. The van der Waals surface area contributed by atoms with Crippen molar-refractivity contribution in [3.05, 3.63) is 53.3 Å². The van der Waals surface area contributed by atoms with E-state index in [-0.39, 0.29) is 5.91 Å². The van der Waals surface area contributed by atoms with Crippen LogP contribution in [0.15, 0.2) is 36.7 Å². The number of aromatic nitrogens is 2. The van der Waals surface area contributed by atoms with Crippen LogP contribution in [0.1, 0.15) is 55.7 Å². The number of amides is 1. The first-order valence-corrected chi connectivity index (χ1v) is 8.90. The molecule has 1 amide bonds. The third-order valence-corrected chi connectivity index (χ3v) is 4.62. The van der Waals surface area contributed by atoms with E-state index in [2.05, 4.69) is 48.1 Å². The summed E-state index contributed by atoms with van der Waals surface area (Å²) in [5.74, 6) is 0.774. The van der Waals surface area contributed by atoms with Crippen LogP contribution in [0, 0.1) is 6.92 Å². The first kappa shape index (κ1) is 16.7. The number of aryl methyl sites for hydroxylation is 2. The SMILES string of the molecule is Cc1cnn(CCC(=O)N(Cc2ccc(C(C)C)cc2)C2CC2)c1. The molecule has 1 saturated carbocycles. The molecular weight excluding hydrogens is 298 g/mol. The molecule has 3 rings (SSSR count). The average Bonchev–Trinajstić information content (AvgIpc) is 3.32. The summed E-state index contributed by atoms with van der Waals surface area (Å²) in [6, 6.07) is 9.12. The van der Waals surface area contributed by atoms with Gasteiger partial charge in [-0.25, -0.2) is 0 Å². The van der Waals surface area contributed by atoms with Gasteiger partial charge in [-0.15, -0.1) is 0 Å². The zero-order chi connectivity index (χ0) is 17.1. The van der Waals surface area contributed by atoms with Crippen molar-refractivity contribution in [3.63, 3.8) is 0 Å². The Bertz CT molecular complexity index is 683. The molecule has 1 aromatic carbocycles. The molecule has 0 spiro atoms. The molecule has 1 aliphatic rings. The maximum absolute atomic E-state index is 12.7. The summed E-state index contributed by atoms with van der Waals surface area (Å²) >= 11 is 0. The smallest absolute Gasteiger partial charge is 0.224 e. The van der Waals surface area contributed by atoms with Gasteiger partial charge in [0.25, 0.3) is 0 Å². The summed E-state index contributed by atoms with van der Waals surface area (Å²) in [6.07, 6.45) is 6.61. The zero-order valence-electron chi connectivity index (χ0n) is 14.9. The molecule has 1 heterocycles. The van der Waals surface area contributed by atoms with Crippen LogP contribution in [0.2, 0.25) is 0 Å². The fourth-order valence-corrected chi connectivity index (χ4v) is 2.95. The second-order valence-corrected chi connectivity index (χ2v) is 7.18. The van der Waals surface area contributed by atoms with Gasteiger partial charge >= 0.3 is 0 Å². The van der Waals surface area contributed by atoms with Gasteiger partial charge in [-0.3, -0.25) is 9.48 Å². The fourth-order valence-electron chi connectivity index (χ4n) is 2.95. The van der Waals surface area contributed by atoms with E-state index in [4.69, 9.17) is 0 Å². The summed E-state index contributed by atoms with van der Waals surface area (Å²) in [5.41, 5.74) is 3.69. The Hall–Kier alpha value is -2.10. The lowest BCUT2D eigenvalue weighted by Crippen LogP contribution is -2.33. The first-order chi connectivity index (χ1) is 11.5. The quantitative estimate of drug-likeness (QED) is 0.774. The minimum atomic E-state index is 0.235. The van der Waals surface area contributed by atoms with Crippen LogP contribution in [0.5, 0.6) is 0 Å². The van der Waals surface area contributed by atoms with E-state index < -0.39 is 0 Å². The number of carbonyl (C=O) groups excluding carboxylic acids is 1. The van der Waals surface area contributed by atoms with Gasteiger partial charge in [-0.2, -0.15) is 5.10 Å². The van der Waals surface area contributed by atoms with Crippen molar-refractivity contribution < 1.29 is 4.79 Å². The molecule has 1 fully saturated rings. The largest absolute Gasteiger partial charge is 0.335 e. The lowest BCUT2D eigenvalue weighted by molar-refractivity contribution is -0.132. The predicted molar refractivity (Wildman–Crippen MR) is 95.7 cm³/mol. The average molecular weight is 325 g/mol. The van der Waals surface area contributed by atoms with Crippen molar-refractivity contribution in [2.45, 2.75) is 65.1 Å². The molecule has 0 atom stereocenters. The lowest BCUT2D eigenvalue weighted by Gasteiger charge is -2.23. The number of hydrogen-bond acceptors (Lipinski definition) is 2. The van der Waals surface area contributed by atoms with Crippen LogP contribution < -0.4 is 0 Å². The van der Waals surface area contributed by atoms with Crippen LogP contribution >= 0.6 is 0 Å². The van der Waals surface area contributed by atoms with Gasteiger partial charge in [0.05, 0.1) is 6.20 Å². The third kappa shape index (κ3) is 4.25. The molecular formula is C20H27N3O. The van der Waals surface area contributed by atoms with Crippen molar-refractivity contribution in [2.75, 3.05) is 0 Å². The van der Waals surface area contributed by atoms with E-state index >= 15 is 0 Å². The van der Waals surface area contributed by atoms with E-state index in [0.717, 1.165) is 24.9 Å². The van der Waals surface area contributed by atoms with Crippen molar-refractivity contribution in [3.8, 4) is 0 Å². The Balaban J connectivity index is 1.60. The predicted octanol–water partition coefficient (Wildman–Crippen LogP) is 3.90. The van der Waals surface area contributed by atoms with E-state index in [1.807, 2.05) is 24.0 Å². The molecule has 128 valence electrons. The van der Waals surface area contributed by atoms with E-state index in [0.29, 0.717) is 24.9 Å². The van der Waals surface area contributed by atoms with Gasteiger partial charge in [0, 0.05) is 31.7 Å². The molecule has 0 saturated heterocycles. The number of nitrogens with zero attached hydrogens (tertiary/aromatic N) is 3. The molecule has 1 aromatic heterocycles. The summed E-state index contributed by atoms with van der Waals surface area (Å²) in [7, 11) is 0. The minimum absolute atomic E-state index is 0.235. The summed E-state index contributed by atoms with van der Waals surface area (Å²) in [4.78, 5) is 14.7. The van der Waals surface area contributed by atoms with Crippen LogP contribution in [-0.4, -0.2) is 26.6 Å². The highest BCUT2D eigenvalue weighted by Gasteiger charge is 2.32. The Morgan fingerprint density at radius 3 is 2.54 bits per heavy atom. The summed E-state index contributed by atoms with van der Waals surface area (Å²) in [5, 5.41) is 4.26. The van der Waals surface area contributed by atoms with Crippen molar-refractivity contribution >= 4 is 5.91 Å². The Morgan fingerprint density at radius 1 is 1.29 bits per heavy atom. The van der Waals surface area contributed by atoms with Crippen molar-refractivity contribution in [2.24, 2.45) is 0 Å². The van der Waals surface area contributed by atoms with Crippen LogP contribution in [0.4, 0.5) is 0 Å². The highest BCUT2D eigenvalue weighted by molar-refractivity contribution is 5.76. The Kier molecular flexibility index (Phi) is 5.03. The highest BCUT2D eigenvalue weighted by atomic mass is 16.2. The van der Waals surface area contributed by atoms with E-state index in [1.54, 1.807) is 0 Å². The topological polar surface area (TPSA) is 38.1 Å². The monoisotopic (exact) mass is 325 g/mol. The Labute approximate surface area is 144 Å². The number of rotatable bonds is 7. The standard InChI is InChI=1S/C20H27N3O/c1-15(2)18-6-4-17(5-7-18)14-23(19-8-9-19)20(24)10-11-22-13-16(3)12-21-22/h4-7,12-13,15,19H,8-11,14H2,1-3H3. The minimum Gasteiger partial charge on any atom is -0.335 e. The molecule has 0 radical (unpaired) electrons. The second-order valence-electron chi connectivity index (χ2n) is 7.18. The van der Waals surface area contributed by atoms with E-state index in [9.17, 15) is 4.79 Å². The van der Waals surface area contributed by atoms with Gasteiger partial charge in [0.1, 0.15) is 0 Å². The van der Waals surface area contributed by atoms with Crippen molar-refractivity contribution in [1.29, 1.82) is 0 Å². The number of carbonyl (C=O) groups is 1. The molecule has 4 heteroatoms. The maximum Gasteiger partial charge on any atom is 0.224 e. The van der Waals surface area contributed by atoms with Gasteiger partial charge in [-0.05, 0) is 42.4 Å². The van der Waals surface area contributed by atoms with Gasteiger partial charge in [0.15, 0.2) is 0 Å². The number of benzene rings is 1. The Morgan fingerprint density at radius 2 is 2.00 bits per heavy atom. The summed E-state index contributed by atoms with van der Waals surface area (Å²) in [6.45, 7) is 7.79. The normalized spacial score (nSPS) is 14.2. The molecule has 0 aliphatic heterocycles. The first-order valence-electron chi connectivity index (χ1n) is 8.90. The van der Waals surface area contributed by atoms with Gasteiger partial charge in [-0.1, -0.05) is 38.1 Å². The molecule has 24 heavy (non-hydrogen) atoms. The maximum atomic E-state index is 12.7. The van der Waals surface area contributed by atoms with Crippen molar-refractivity contribution in [1.82, 2.24) is 14.7 Å². The lowest BCUT2D eigenvalue weighted by atomic mass is 10.0. The third-order valence-electron chi connectivity index (χ3n) is 4.62. The highest BCUT2D eigenvalue weighted by Crippen LogP contribution is 2.29. The molecule has 2 aromatic rings. The van der Waals surface area contributed by atoms with Crippen LogP contribution in [0.3, 0.4) is 0 Å². The zero-order valence-corrected chi connectivity index (χ0v) is 14.9. The summed E-state index contributed by atoms with van der Waals surface area (Å²) < 4.78 is 1.86. The van der Waals surface area contributed by atoms with Gasteiger partial charge in [0.2, 0.25) is 5.91 Å². The molecule has 4 nitrogen and oxygen atoms in total. The van der Waals surface area contributed by atoms with Crippen LogP contribution in [0.25, 0.3) is 0 Å². The molecule has 0 bridgehead atoms. The second kappa shape index (κ2) is 7.20. The fraction of sp³-hybridized carbons (Fsp3) is 0.500. The molecule has 1 aliphatic carbocycles. The van der Waals surface area contributed by atoms with Gasteiger partial charge < -0.3 is 4.90 Å². The van der Waals surface area contributed by atoms with E-state index in [1.165, 1.54) is 11.1 Å². The molecule has 0 unspecified atom stereocenters. The van der Waals surface area contributed by atoms with Crippen LogP contribution in [-0.2, 0) is 17.9 Å². The molecule has 0 N–H and O–H groups in total.